The van der Waals surface area contributed by atoms with Gasteiger partial charge < -0.3 is 4.98 Å². The van der Waals surface area contributed by atoms with Gasteiger partial charge in [-0.25, -0.2) is 4.98 Å². The number of likely N-dealkylation sites (tertiary alicyclic amines) is 1. The summed E-state index contributed by atoms with van der Waals surface area (Å²) in [7, 11) is 0. The standard InChI is InChI=1S/C18H21N5O/c1-11-8-12(2)23(21-11)14-9-22(10-14)13(3)17-19-16-7-5-4-6-15(16)18(24)20-17/h4-8,13-14H,9-10H2,1-3H3,(H,19,20,24)/t13-/m1/s1. The molecule has 1 aliphatic rings. The number of aryl methyl sites for hydroxylation is 2. The van der Waals surface area contributed by atoms with E-state index in [2.05, 4.69) is 44.6 Å². The van der Waals surface area contributed by atoms with Crippen molar-refractivity contribution in [3.63, 3.8) is 0 Å². The van der Waals surface area contributed by atoms with Gasteiger partial charge in [0.15, 0.2) is 0 Å². The first-order valence-electron chi connectivity index (χ1n) is 8.28. The molecule has 1 N–H and O–H groups in total. The third-order valence-electron chi connectivity index (χ3n) is 4.86. The Labute approximate surface area is 140 Å². The van der Waals surface area contributed by atoms with E-state index in [9.17, 15) is 4.79 Å². The number of aromatic nitrogens is 4. The number of hydrogen-bond acceptors (Lipinski definition) is 4. The number of rotatable bonds is 3. The van der Waals surface area contributed by atoms with Crippen LogP contribution in [-0.4, -0.2) is 37.7 Å². The van der Waals surface area contributed by atoms with Crippen LogP contribution >= 0.6 is 0 Å². The monoisotopic (exact) mass is 323 g/mol. The SMILES string of the molecule is Cc1cc(C)n(C2CN([C@H](C)c3nc4ccccc4c(=O)[nH]3)C2)n1. The van der Waals surface area contributed by atoms with Crippen LogP contribution in [0.3, 0.4) is 0 Å². The summed E-state index contributed by atoms with van der Waals surface area (Å²) >= 11 is 0. The first kappa shape index (κ1) is 15.1. The number of benzene rings is 1. The Morgan fingerprint density at radius 3 is 2.71 bits per heavy atom. The zero-order chi connectivity index (χ0) is 16.8. The van der Waals surface area contributed by atoms with E-state index in [1.807, 2.05) is 25.1 Å². The molecule has 0 bridgehead atoms. The van der Waals surface area contributed by atoms with E-state index in [0.717, 1.165) is 30.1 Å². The van der Waals surface area contributed by atoms with Crippen molar-refractivity contribution < 1.29 is 0 Å². The molecule has 1 fully saturated rings. The third-order valence-corrected chi connectivity index (χ3v) is 4.86. The highest BCUT2D eigenvalue weighted by Gasteiger charge is 2.34. The fraction of sp³-hybridized carbons (Fsp3) is 0.389. The fourth-order valence-electron chi connectivity index (χ4n) is 3.45. The van der Waals surface area contributed by atoms with E-state index >= 15 is 0 Å². The van der Waals surface area contributed by atoms with Gasteiger partial charge >= 0.3 is 0 Å². The van der Waals surface area contributed by atoms with E-state index < -0.39 is 0 Å². The zero-order valence-corrected chi connectivity index (χ0v) is 14.2. The van der Waals surface area contributed by atoms with Crippen molar-refractivity contribution in [1.82, 2.24) is 24.6 Å². The molecule has 0 unspecified atom stereocenters. The number of nitrogens with zero attached hydrogens (tertiary/aromatic N) is 4. The number of fused-ring (bicyclic) bond motifs is 1. The number of hydrogen-bond donors (Lipinski definition) is 1. The molecule has 24 heavy (non-hydrogen) atoms. The quantitative estimate of drug-likeness (QED) is 0.803. The molecule has 2 aromatic heterocycles. The summed E-state index contributed by atoms with van der Waals surface area (Å²) in [5.41, 5.74) is 2.93. The van der Waals surface area contributed by atoms with Crippen molar-refractivity contribution >= 4 is 10.9 Å². The predicted octanol–water partition coefficient (Wildman–Crippen LogP) is 2.35. The van der Waals surface area contributed by atoms with Gasteiger partial charge in [-0.1, -0.05) is 12.1 Å². The molecule has 6 heteroatoms. The average molecular weight is 323 g/mol. The summed E-state index contributed by atoms with van der Waals surface area (Å²) in [4.78, 5) is 22.1. The second-order valence-corrected chi connectivity index (χ2v) is 6.62. The third kappa shape index (κ3) is 2.43. The van der Waals surface area contributed by atoms with E-state index in [-0.39, 0.29) is 11.6 Å². The molecule has 0 spiro atoms. The molecule has 3 aromatic rings. The summed E-state index contributed by atoms with van der Waals surface area (Å²) in [6.07, 6.45) is 0. The molecule has 1 aliphatic heterocycles. The van der Waals surface area contributed by atoms with Crippen molar-refractivity contribution in [1.29, 1.82) is 0 Å². The second-order valence-electron chi connectivity index (χ2n) is 6.62. The Morgan fingerprint density at radius 1 is 1.25 bits per heavy atom. The molecule has 0 aliphatic carbocycles. The molecule has 124 valence electrons. The van der Waals surface area contributed by atoms with Crippen molar-refractivity contribution in [2.75, 3.05) is 13.1 Å². The molecule has 1 saturated heterocycles. The Hall–Kier alpha value is -2.47. The Balaban J connectivity index is 1.54. The lowest BCUT2D eigenvalue weighted by molar-refractivity contribution is 0.0549. The van der Waals surface area contributed by atoms with Crippen LogP contribution in [-0.2, 0) is 0 Å². The van der Waals surface area contributed by atoms with Gasteiger partial charge in [0, 0.05) is 18.8 Å². The largest absolute Gasteiger partial charge is 0.309 e. The number of nitrogens with one attached hydrogen (secondary N) is 1. The van der Waals surface area contributed by atoms with Crippen LogP contribution in [0.2, 0.25) is 0 Å². The van der Waals surface area contributed by atoms with Gasteiger partial charge in [-0.2, -0.15) is 5.10 Å². The lowest BCUT2D eigenvalue weighted by atomic mass is 10.1. The molecule has 0 amide bonds. The summed E-state index contributed by atoms with van der Waals surface area (Å²) in [6.45, 7) is 8.03. The number of aromatic amines is 1. The average Bonchev–Trinajstić information content (AvgIpc) is 2.84. The predicted molar refractivity (Wildman–Crippen MR) is 93.1 cm³/mol. The summed E-state index contributed by atoms with van der Waals surface area (Å²) in [5, 5.41) is 5.21. The van der Waals surface area contributed by atoms with Crippen molar-refractivity contribution in [2.45, 2.75) is 32.9 Å². The van der Waals surface area contributed by atoms with E-state index in [0.29, 0.717) is 11.4 Å². The summed E-state index contributed by atoms with van der Waals surface area (Å²) in [6, 6.07) is 10.0. The number of H-pyrrole nitrogens is 1. The van der Waals surface area contributed by atoms with Crippen LogP contribution in [0.1, 0.15) is 36.2 Å². The molecule has 0 saturated carbocycles. The topological polar surface area (TPSA) is 66.8 Å². The molecule has 6 nitrogen and oxygen atoms in total. The van der Waals surface area contributed by atoms with Gasteiger partial charge in [-0.15, -0.1) is 0 Å². The Kier molecular flexibility index (Phi) is 3.49. The normalized spacial score (nSPS) is 17.1. The van der Waals surface area contributed by atoms with Gasteiger partial charge in [0.25, 0.3) is 5.56 Å². The minimum absolute atomic E-state index is 0.0712. The fourth-order valence-corrected chi connectivity index (χ4v) is 3.45. The summed E-state index contributed by atoms with van der Waals surface area (Å²) < 4.78 is 2.11. The first-order chi connectivity index (χ1) is 11.5. The molecule has 1 aromatic carbocycles. The highest BCUT2D eigenvalue weighted by atomic mass is 16.1. The lowest BCUT2D eigenvalue weighted by Crippen LogP contribution is -2.49. The maximum absolute atomic E-state index is 12.2. The maximum atomic E-state index is 12.2. The van der Waals surface area contributed by atoms with Gasteiger partial charge in [-0.05, 0) is 39.0 Å². The van der Waals surface area contributed by atoms with E-state index in [1.54, 1.807) is 6.07 Å². The van der Waals surface area contributed by atoms with Crippen LogP contribution in [0.4, 0.5) is 0 Å². The number of para-hydroxylation sites is 1. The Bertz CT molecular complexity index is 951. The van der Waals surface area contributed by atoms with Gasteiger partial charge in [0.05, 0.1) is 28.7 Å². The molecule has 0 radical (unpaired) electrons. The Morgan fingerprint density at radius 2 is 2.00 bits per heavy atom. The van der Waals surface area contributed by atoms with Crippen molar-refractivity contribution in [3.05, 3.63) is 57.9 Å². The van der Waals surface area contributed by atoms with E-state index in [4.69, 9.17) is 0 Å². The zero-order valence-electron chi connectivity index (χ0n) is 14.2. The van der Waals surface area contributed by atoms with Crippen LogP contribution in [0, 0.1) is 13.8 Å². The van der Waals surface area contributed by atoms with Crippen LogP contribution < -0.4 is 5.56 Å². The molecular weight excluding hydrogens is 302 g/mol. The van der Waals surface area contributed by atoms with Crippen LogP contribution in [0.5, 0.6) is 0 Å². The first-order valence-corrected chi connectivity index (χ1v) is 8.28. The van der Waals surface area contributed by atoms with Crippen LogP contribution in [0.15, 0.2) is 35.1 Å². The second kappa shape index (κ2) is 5.56. The molecule has 3 heterocycles. The lowest BCUT2D eigenvalue weighted by Gasteiger charge is -2.43. The minimum Gasteiger partial charge on any atom is -0.309 e. The van der Waals surface area contributed by atoms with Gasteiger partial charge in [0.1, 0.15) is 5.82 Å². The van der Waals surface area contributed by atoms with Crippen molar-refractivity contribution in [2.24, 2.45) is 0 Å². The molecule has 1 atom stereocenters. The highest BCUT2D eigenvalue weighted by molar-refractivity contribution is 5.77. The minimum atomic E-state index is -0.0712. The summed E-state index contributed by atoms with van der Waals surface area (Å²) in [5.74, 6) is 0.727. The highest BCUT2D eigenvalue weighted by Crippen LogP contribution is 2.30. The van der Waals surface area contributed by atoms with Crippen molar-refractivity contribution in [3.8, 4) is 0 Å². The van der Waals surface area contributed by atoms with Crippen LogP contribution in [0.25, 0.3) is 10.9 Å². The van der Waals surface area contributed by atoms with E-state index in [1.165, 1.54) is 5.69 Å². The van der Waals surface area contributed by atoms with Gasteiger partial charge in [-0.3, -0.25) is 14.4 Å². The molecular formula is C18H21N5O. The van der Waals surface area contributed by atoms with Gasteiger partial charge in [0.2, 0.25) is 0 Å². The molecule has 4 rings (SSSR count). The maximum Gasteiger partial charge on any atom is 0.258 e. The smallest absolute Gasteiger partial charge is 0.258 e.